The van der Waals surface area contributed by atoms with E-state index < -0.39 is 13.9 Å². The van der Waals surface area contributed by atoms with E-state index in [1.54, 1.807) is 27.8 Å². The highest BCUT2D eigenvalue weighted by Gasteiger charge is 2.17. The van der Waals surface area contributed by atoms with E-state index in [4.69, 9.17) is 4.74 Å². The zero-order valence-corrected chi connectivity index (χ0v) is 16.6. The summed E-state index contributed by atoms with van der Waals surface area (Å²) in [5, 5.41) is 8.77. The SMILES string of the molecule is Cn1cc(-c2cnn(COCC[Si](C)(C)C)c2)c(-c2ccncc2F)n1. The molecule has 0 fully saturated rings. The zero-order chi connectivity index (χ0) is 18.7. The van der Waals surface area contributed by atoms with Crippen molar-refractivity contribution < 1.29 is 9.13 Å². The van der Waals surface area contributed by atoms with Gasteiger partial charge in [0.15, 0.2) is 5.82 Å². The highest BCUT2D eigenvalue weighted by Crippen LogP contribution is 2.31. The van der Waals surface area contributed by atoms with Crippen molar-refractivity contribution in [2.45, 2.75) is 32.4 Å². The Morgan fingerprint density at radius 3 is 2.69 bits per heavy atom. The molecule has 3 aromatic heterocycles. The molecule has 0 unspecified atom stereocenters. The summed E-state index contributed by atoms with van der Waals surface area (Å²) in [7, 11) is 0.719. The van der Waals surface area contributed by atoms with Gasteiger partial charge in [-0.2, -0.15) is 10.2 Å². The maximum Gasteiger partial charge on any atom is 0.150 e. The molecule has 0 aromatic carbocycles. The quantitative estimate of drug-likeness (QED) is 0.467. The lowest BCUT2D eigenvalue weighted by Crippen LogP contribution is -2.22. The molecule has 6 nitrogen and oxygen atoms in total. The number of nitrogens with zero attached hydrogens (tertiary/aromatic N) is 5. The van der Waals surface area contributed by atoms with Crippen LogP contribution in [0.3, 0.4) is 0 Å². The molecule has 3 aromatic rings. The number of hydrogen-bond donors (Lipinski definition) is 0. The third-order valence-corrected chi connectivity index (χ3v) is 5.72. The molecule has 8 heteroatoms. The summed E-state index contributed by atoms with van der Waals surface area (Å²) in [6, 6.07) is 2.75. The van der Waals surface area contributed by atoms with Crippen molar-refractivity contribution in [3.8, 4) is 22.4 Å². The number of pyridine rings is 1. The topological polar surface area (TPSA) is 57.8 Å². The van der Waals surface area contributed by atoms with Crippen LogP contribution >= 0.6 is 0 Å². The third-order valence-electron chi connectivity index (χ3n) is 4.02. The largest absolute Gasteiger partial charge is 0.360 e. The molecule has 0 aliphatic rings. The number of aryl methyl sites for hydroxylation is 1. The second-order valence-corrected chi connectivity index (χ2v) is 13.2. The summed E-state index contributed by atoms with van der Waals surface area (Å²) in [5.41, 5.74) is 2.70. The first-order valence-corrected chi connectivity index (χ1v) is 12.3. The number of aromatic nitrogens is 5. The van der Waals surface area contributed by atoms with Crippen molar-refractivity contribution >= 4 is 8.07 Å². The van der Waals surface area contributed by atoms with Crippen LogP contribution in [0.15, 0.2) is 37.1 Å². The van der Waals surface area contributed by atoms with Gasteiger partial charge in [0.05, 0.1) is 12.4 Å². The second-order valence-electron chi connectivity index (χ2n) is 7.54. The summed E-state index contributed by atoms with van der Waals surface area (Å²) in [4.78, 5) is 3.80. The van der Waals surface area contributed by atoms with Gasteiger partial charge in [0.25, 0.3) is 0 Å². The van der Waals surface area contributed by atoms with E-state index in [0.29, 0.717) is 18.0 Å². The number of rotatable bonds is 7. The van der Waals surface area contributed by atoms with E-state index >= 15 is 0 Å². The summed E-state index contributed by atoms with van der Waals surface area (Å²) < 4.78 is 23.3. The predicted molar refractivity (Wildman–Crippen MR) is 102 cm³/mol. The van der Waals surface area contributed by atoms with E-state index in [-0.39, 0.29) is 0 Å². The fraction of sp³-hybridized carbons (Fsp3) is 0.389. The van der Waals surface area contributed by atoms with Crippen molar-refractivity contribution in [3.05, 3.63) is 42.9 Å². The first-order chi connectivity index (χ1) is 12.3. The molecule has 138 valence electrons. The first-order valence-electron chi connectivity index (χ1n) is 8.57. The molecule has 0 aliphatic heterocycles. The maximum atomic E-state index is 14.1. The predicted octanol–water partition coefficient (Wildman–Crippen LogP) is 3.80. The van der Waals surface area contributed by atoms with Crippen molar-refractivity contribution in [1.82, 2.24) is 24.5 Å². The van der Waals surface area contributed by atoms with Crippen molar-refractivity contribution in [2.24, 2.45) is 7.05 Å². The molecule has 0 atom stereocenters. The van der Waals surface area contributed by atoms with E-state index in [1.165, 1.54) is 6.20 Å². The Kier molecular flexibility index (Phi) is 5.33. The minimum absolute atomic E-state index is 0.394. The number of halogens is 1. The Balaban J connectivity index is 1.77. The summed E-state index contributed by atoms with van der Waals surface area (Å²) >= 11 is 0. The number of ether oxygens (including phenoxy) is 1. The lowest BCUT2D eigenvalue weighted by molar-refractivity contribution is 0.0786. The van der Waals surface area contributed by atoms with Gasteiger partial charge in [0.1, 0.15) is 12.4 Å². The van der Waals surface area contributed by atoms with Gasteiger partial charge in [-0.15, -0.1) is 0 Å². The van der Waals surface area contributed by atoms with E-state index in [0.717, 1.165) is 23.8 Å². The van der Waals surface area contributed by atoms with Crippen LogP contribution in [0.1, 0.15) is 0 Å². The zero-order valence-electron chi connectivity index (χ0n) is 15.6. The molecule has 0 saturated heterocycles. The molecule has 3 heterocycles. The lowest BCUT2D eigenvalue weighted by atomic mass is 10.1. The van der Waals surface area contributed by atoms with Gasteiger partial charge in [-0.3, -0.25) is 9.67 Å². The van der Waals surface area contributed by atoms with Crippen molar-refractivity contribution in [3.63, 3.8) is 0 Å². The molecule has 0 bridgehead atoms. The van der Waals surface area contributed by atoms with Crippen LogP contribution in [0.25, 0.3) is 22.4 Å². The first kappa shape index (κ1) is 18.5. The van der Waals surface area contributed by atoms with Gasteiger partial charge in [-0.1, -0.05) is 19.6 Å². The molecule has 26 heavy (non-hydrogen) atoms. The fourth-order valence-corrected chi connectivity index (χ4v) is 3.33. The fourth-order valence-electron chi connectivity index (χ4n) is 2.58. The molecule has 0 spiro atoms. The molecule has 0 amide bonds. The minimum atomic E-state index is -1.10. The van der Waals surface area contributed by atoms with Gasteiger partial charge < -0.3 is 4.74 Å². The minimum Gasteiger partial charge on any atom is -0.360 e. The maximum absolute atomic E-state index is 14.1. The number of hydrogen-bond acceptors (Lipinski definition) is 4. The third kappa shape index (κ3) is 4.44. The van der Waals surface area contributed by atoms with Gasteiger partial charge in [-0.25, -0.2) is 9.07 Å². The van der Waals surface area contributed by atoms with E-state index in [9.17, 15) is 4.39 Å². The molecule has 0 aliphatic carbocycles. The van der Waals surface area contributed by atoms with Gasteiger partial charge in [0, 0.05) is 57.0 Å². The standard InChI is InChI=1S/C18H24FN5OSi/c1-23-12-16(18(22-23)15-5-6-20-10-17(15)19)14-9-21-24(11-14)13-25-7-8-26(2,3)4/h5-6,9-12H,7-8,13H2,1-4H3. The Morgan fingerprint density at radius 2 is 1.96 bits per heavy atom. The highest BCUT2D eigenvalue weighted by molar-refractivity contribution is 6.76. The summed E-state index contributed by atoms with van der Waals surface area (Å²) in [6.45, 7) is 8.12. The second kappa shape index (κ2) is 7.51. The molecule has 0 saturated carbocycles. The Bertz CT molecular complexity index is 884. The van der Waals surface area contributed by atoms with Crippen LogP contribution in [-0.2, 0) is 18.5 Å². The molecular formula is C18H24FN5OSi. The Labute approximate surface area is 153 Å². The normalized spacial score (nSPS) is 11.9. The van der Waals surface area contributed by atoms with Crippen LogP contribution in [0.4, 0.5) is 4.39 Å². The smallest absolute Gasteiger partial charge is 0.150 e. The van der Waals surface area contributed by atoms with E-state index in [1.807, 2.05) is 19.4 Å². The molecule has 0 N–H and O–H groups in total. The lowest BCUT2D eigenvalue weighted by Gasteiger charge is -2.15. The van der Waals surface area contributed by atoms with Gasteiger partial charge in [0.2, 0.25) is 0 Å². The average Bonchev–Trinajstić information content (AvgIpc) is 3.17. The molecule has 0 radical (unpaired) electrons. The van der Waals surface area contributed by atoms with Crippen molar-refractivity contribution in [1.29, 1.82) is 0 Å². The molecule has 3 rings (SSSR count). The van der Waals surface area contributed by atoms with Crippen molar-refractivity contribution in [2.75, 3.05) is 6.61 Å². The Hall–Kier alpha value is -2.32. The summed E-state index contributed by atoms with van der Waals surface area (Å²) in [6.07, 6.45) is 8.27. The average molecular weight is 374 g/mol. The van der Waals surface area contributed by atoms with Crippen LogP contribution in [0.2, 0.25) is 25.7 Å². The van der Waals surface area contributed by atoms with Crippen LogP contribution in [-0.4, -0.2) is 39.2 Å². The molecular weight excluding hydrogens is 349 g/mol. The van der Waals surface area contributed by atoms with Crippen LogP contribution in [0, 0.1) is 5.82 Å². The van der Waals surface area contributed by atoms with Gasteiger partial charge in [-0.05, 0) is 12.1 Å². The van der Waals surface area contributed by atoms with Crippen LogP contribution in [0.5, 0.6) is 0 Å². The van der Waals surface area contributed by atoms with Gasteiger partial charge >= 0.3 is 0 Å². The van der Waals surface area contributed by atoms with E-state index in [2.05, 4.69) is 34.8 Å². The summed E-state index contributed by atoms with van der Waals surface area (Å²) in [5.74, 6) is -0.394. The highest BCUT2D eigenvalue weighted by atomic mass is 28.3. The monoisotopic (exact) mass is 373 g/mol. The Morgan fingerprint density at radius 1 is 1.15 bits per heavy atom. The van der Waals surface area contributed by atoms with Crippen LogP contribution < -0.4 is 0 Å².